The Morgan fingerprint density at radius 3 is 0.920 bits per heavy atom. The molecule has 0 spiro atoms. The van der Waals surface area contributed by atoms with Crippen molar-refractivity contribution in [3.05, 3.63) is 398 Å². The summed E-state index contributed by atoms with van der Waals surface area (Å²) in [7, 11) is 0. The van der Waals surface area contributed by atoms with Crippen molar-refractivity contribution in [1.29, 1.82) is 0 Å². The van der Waals surface area contributed by atoms with Gasteiger partial charge in [0.15, 0.2) is 0 Å². The third-order valence-electron chi connectivity index (χ3n) is 20.9. The van der Waals surface area contributed by atoms with Crippen molar-refractivity contribution < 1.29 is 0 Å². The molecule has 0 saturated carbocycles. The molecule has 0 unspecified atom stereocenters. The molecule has 2 aliphatic rings. The second-order valence-corrected chi connectivity index (χ2v) is 27.6. The van der Waals surface area contributed by atoms with E-state index >= 15 is 0 Å². The van der Waals surface area contributed by atoms with Gasteiger partial charge in [-0.1, -0.05) is 313 Å². The molecule has 0 heterocycles. The van der Waals surface area contributed by atoms with E-state index in [4.69, 9.17) is 0 Å². The highest BCUT2D eigenvalue weighted by Gasteiger charge is 2.38. The second kappa shape index (κ2) is 25.6. The van der Waals surface area contributed by atoms with Crippen LogP contribution in [-0.4, -0.2) is 0 Å². The zero-order chi connectivity index (χ0) is 67.3. The number of nitrogens with zero attached hydrogens (tertiary/aromatic N) is 2. The van der Waals surface area contributed by atoms with Gasteiger partial charge in [0.2, 0.25) is 0 Å². The number of rotatable bonds is 12. The smallest absolute Gasteiger partial charge is 0.0465 e. The normalized spacial score (nSPS) is 12.8. The first-order valence-corrected chi connectivity index (χ1v) is 34.9. The summed E-state index contributed by atoms with van der Waals surface area (Å²) in [6.07, 6.45) is 0. The Morgan fingerprint density at radius 2 is 0.460 bits per heavy atom. The summed E-state index contributed by atoms with van der Waals surface area (Å²) in [6.45, 7) is 9.49. The molecule has 16 aromatic carbocycles. The maximum absolute atomic E-state index is 2.43. The molecule has 476 valence electrons. The van der Waals surface area contributed by atoms with Gasteiger partial charge in [0.25, 0.3) is 0 Å². The van der Waals surface area contributed by atoms with Crippen LogP contribution in [0.4, 0.5) is 34.1 Å². The molecular weight excluding hydrogens is 1210 g/mol. The van der Waals surface area contributed by atoms with Crippen LogP contribution in [0.3, 0.4) is 0 Å². The predicted octanol–water partition coefficient (Wildman–Crippen LogP) is 27.2. The molecule has 0 atom stereocenters. The van der Waals surface area contributed by atoms with Gasteiger partial charge in [-0.3, -0.25) is 0 Å². The third-order valence-corrected chi connectivity index (χ3v) is 20.9. The third kappa shape index (κ3) is 11.3. The van der Waals surface area contributed by atoms with Crippen LogP contribution in [0.25, 0.3) is 111 Å². The molecule has 100 heavy (non-hydrogen) atoms. The molecule has 0 saturated heterocycles. The lowest BCUT2D eigenvalue weighted by Crippen LogP contribution is -2.16. The lowest BCUT2D eigenvalue weighted by atomic mass is 9.81. The SMILES string of the molecule is CC1(C)c2cc(-c3ccc4ccccc4c3)ccc2-c2ccc(N(c3ccccc3)c3ccc(-c4ccc(-c5ccccc5)cc4)cc3)cc21.CC1(C)c2cc(-c3cccc4ccccc34)ccc2-c2ccc(N(c3ccccc3)c3ccc(-c4ccc(-c5ccccc5)cc4)cc3)cc21. The van der Waals surface area contributed by atoms with E-state index in [9.17, 15) is 0 Å². The molecule has 2 heteroatoms. The fourth-order valence-corrected chi connectivity index (χ4v) is 15.5. The summed E-state index contributed by atoms with van der Waals surface area (Å²) in [6, 6.07) is 137. The van der Waals surface area contributed by atoms with E-state index in [0.29, 0.717) is 0 Å². The Hall–Kier alpha value is -12.4. The van der Waals surface area contributed by atoms with Crippen LogP contribution in [0.5, 0.6) is 0 Å². The van der Waals surface area contributed by atoms with Crippen LogP contribution in [0.2, 0.25) is 0 Å². The lowest BCUT2D eigenvalue weighted by molar-refractivity contribution is 0.660. The van der Waals surface area contributed by atoms with Gasteiger partial charge in [-0.05, 0) is 224 Å². The van der Waals surface area contributed by atoms with Gasteiger partial charge in [-0.15, -0.1) is 0 Å². The van der Waals surface area contributed by atoms with Crippen LogP contribution >= 0.6 is 0 Å². The molecule has 0 amide bonds. The maximum atomic E-state index is 2.43. The van der Waals surface area contributed by atoms with Crippen LogP contribution in [0.1, 0.15) is 49.9 Å². The molecule has 0 radical (unpaired) electrons. The first-order valence-electron chi connectivity index (χ1n) is 34.9. The van der Waals surface area contributed by atoms with E-state index in [2.05, 4.69) is 414 Å². The number of para-hydroxylation sites is 2. The van der Waals surface area contributed by atoms with E-state index in [1.165, 1.54) is 133 Å². The van der Waals surface area contributed by atoms with E-state index in [-0.39, 0.29) is 10.8 Å². The summed E-state index contributed by atoms with van der Waals surface area (Å²) in [5, 5.41) is 5.10. The predicted molar refractivity (Wildman–Crippen MR) is 425 cm³/mol. The first-order chi connectivity index (χ1) is 49.1. The van der Waals surface area contributed by atoms with E-state index in [0.717, 1.165) is 34.1 Å². The van der Waals surface area contributed by atoms with Crippen LogP contribution in [0.15, 0.2) is 376 Å². The highest BCUT2D eigenvalue weighted by Crippen LogP contribution is 2.54. The van der Waals surface area contributed by atoms with Gasteiger partial charge in [0.1, 0.15) is 0 Å². The molecule has 0 aromatic heterocycles. The molecule has 0 fully saturated rings. The van der Waals surface area contributed by atoms with Crippen molar-refractivity contribution in [2.45, 2.75) is 38.5 Å². The second-order valence-electron chi connectivity index (χ2n) is 27.6. The molecule has 16 aromatic rings. The van der Waals surface area contributed by atoms with Gasteiger partial charge in [-0.25, -0.2) is 0 Å². The summed E-state index contributed by atoms with van der Waals surface area (Å²) in [4.78, 5) is 4.76. The number of fused-ring (bicyclic) bond motifs is 8. The number of hydrogen-bond acceptors (Lipinski definition) is 2. The molecule has 0 aliphatic heterocycles. The fourth-order valence-electron chi connectivity index (χ4n) is 15.5. The van der Waals surface area contributed by atoms with Crippen molar-refractivity contribution in [2.24, 2.45) is 0 Å². The molecule has 2 aliphatic carbocycles. The molecule has 0 N–H and O–H groups in total. The summed E-state index contributed by atoms with van der Waals surface area (Å²) < 4.78 is 0. The monoisotopic (exact) mass is 1280 g/mol. The highest BCUT2D eigenvalue weighted by atomic mass is 15.1. The Balaban J connectivity index is 0.000000150. The van der Waals surface area contributed by atoms with Gasteiger partial charge < -0.3 is 9.80 Å². The van der Waals surface area contributed by atoms with Gasteiger partial charge in [0, 0.05) is 45.0 Å². The highest BCUT2D eigenvalue weighted by molar-refractivity contribution is 5.98. The molecule has 2 nitrogen and oxygen atoms in total. The fraction of sp³-hybridized carbons (Fsp3) is 0.0612. The Morgan fingerprint density at radius 1 is 0.170 bits per heavy atom. The van der Waals surface area contributed by atoms with Gasteiger partial charge >= 0.3 is 0 Å². The minimum atomic E-state index is -0.153. The van der Waals surface area contributed by atoms with Crippen molar-refractivity contribution in [3.63, 3.8) is 0 Å². The molecular formula is C98H74N2. The minimum absolute atomic E-state index is 0.147. The summed E-state index contributed by atoms with van der Waals surface area (Å²) in [5.41, 5.74) is 32.1. The van der Waals surface area contributed by atoms with Crippen molar-refractivity contribution in [3.8, 4) is 89.0 Å². The summed E-state index contributed by atoms with van der Waals surface area (Å²) in [5.74, 6) is 0. The Bertz CT molecular complexity index is 5650. The van der Waals surface area contributed by atoms with E-state index in [1.807, 2.05) is 0 Å². The standard InChI is InChI=1S/2C49H37N/c1-49(2)47-32-39(44-19-11-15-38-14-9-10-18-43(38)44)26-30-45(47)46-31-29-42(33-48(46)49)50(40-16-7-4-8-17-40)41-27-24-37(25-28-41)36-22-20-35(21-23-36)34-12-5-3-6-13-34;1-49(2)47-32-41(40-22-21-35-13-9-10-14-39(35)31-40)25-29-45(47)46-30-28-44(33-48(46)49)50(42-15-7-4-8-16-42)43-26-23-38(24-27-43)37-19-17-36(18-20-37)34-11-5-3-6-12-34/h2*3-33H,1-2H3. The number of hydrogen-bond donors (Lipinski definition) is 0. The van der Waals surface area contributed by atoms with Gasteiger partial charge in [-0.2, -0.15) is 0 Å². The number of anilines is 6. The topological polar surface area (TPSA) is 6.48 Å². The lowest BCUT2D eigenvalue weighted by Gasteiger charge is -2.28. The van der Waals surface area contributed by atoms with Crippen LogP contribution in [0, 0.1) is 0 Å². The van der Waals surface area contributed by atoms with E-state index < -0.39 is 0 Å². The minimum Gasteiger partial charge on any atom is -0.310 e. The van der Waals surface area contributed by atoms with Crippen molar-refractivity contribution in [1.82, 2.24) is 0 Å². The largest absolute Gasteiger partial charge is 0.310 e. The Kier molecular flexibility index (Phi) is 15.7. The zero-order valence-electron chi connectivity index (χ0n) is 56.7. The average molecular weight is 1280 g/mol. The van der Waals surface area contributed by atoms with E-state index in [1.54, 1.807) is 0 Å². The summed E-state index contributed by atoms with van der Waals surface area (Å²) >= 11 is 0. The van der Waals surface area contributed by atoms with Crippen LogP contribution in [-0.2, 0) is 10.8 Å². The van der Waals surface area contributed by atoms with Crippen LogP contribution < -0.4 is 9.80 Å². The van der Waals surface area contributed by atoms with Crippen molar-refractivity contribution in [2.75, 3.05) is 9.80 Å². The number of benzene rings is 16. The van der Waals surface area contributed by atoms with Gasteiger partial charge in [0.05, 0.1) is 0 Å². The molecule has 18 rings (SSSR count). The quantitative estimate of drug-likeness (QED) is 0.120. The van der Waals surface area contributed by atoms with Crippen molar-refractivity contribution >= 4 is 55.7 Å². The average Bonchev–Trinajstić information content (AvgIpc) is 1.57. The Labute approximate surface area is 587 Å². The maximum Gasteiger partial charge on any atom is 0.0465 e. The zero-order valence-corrected chi connectivity index (χ0v) is 56.7. The first kappa shape index (κ1) is 61.2. The molecule has 0 bridgehead atoms.